The maximum Gasteiger partial charge on any atom is 0.272 e. The van der Waals surface area contributed by atoms with Crippen molar-refractivity contribution in [3.8, 4) is 0 Å². The number of hydrogen-bond acceptors (Lipinski definition) is 7. The number of ether oxygens (including phenoxy) is 1. The Labute approximate surface area is 231 Å². The quantitative estimate of drug-likeness (QED) is 0.362. The van der Waals surface area contributed by atoms with Crippen LogP contribution in [0.25, 0.3) is 22.1 Å². The van der Waals surface area contributed by atoms with E-state index in [9.17, 15) is 9.59 Å². The molecule has 5 heterocycles. The Morgan fingerprint density at radius 3 is 2.42 bits per heavy atom. The van der Waals surface area contributed by atoms with Crippen LogP contribution in [-0.2, 0) is 24.9 Å². The van der Waals surface area contributed by atoms with E-state index in [0.717, 1.165) is 42.2 Å². The van der Waals surface area contributed by atoms with Crippen molar-refractivity contribution in [2.24, 2.45) is 7.05 Å². The van der Waals surface area contributed by atoms with E-state index in [0.29, 0.717) is 80.0 Å². The van der Waals surface area contributed by atoms with Gasteiger partial charge in [0.15, 0.2) is 11.6 Å². The summed E-state index contributed by atoms with van der Waals surface area (Å²) in [6.45, 7) is 7.40. The molecule has 0 atom stereocenters. The Morgan fingerprint density at radius 2 is 1.77 bits per heavy atom. The first-order chi connectivity index (χ1) is 19.5. The second-order valence-corrected chi connectivity index (χ2v) is 11.0. The molecule has 0 aromatic carbocycles. The van der Waals surface area contributed by atoms with Crippen LogP contribution in [0.3, 0.4) is 0 Å². The Bertz CT molecular complexity index is 1610. The average molecular weight is 546 g/mol. The van der Waals surface area contributed by atoms with E-state index in [4.69, 9.17) is 9.72 Å². The van der Waals surface area contributed by atoms with E-state index in [1.807, 2.05) is 36.1 Å². The van der Waals surface area contributed by atoms with E-state index in [1.54, 1.807) is 22.0 Å². The maximum absolute atomic E-state index is 13.8. The Kier molecular flexibility index (Phi) is 6.02. The molecule has 2 saturated carbocycles. The summed E-state index contributed by atoms with van der Waals surface area (Å²) in [5.41, 5.74) is 3.52. The lowest BCUT2D eigenvalue weighted by Crippen LogP contribution is -2.41. The third-order valence-corrected chi connectivity index (χ3v) is 8.20. The fraction of sp³-hybridized carbons (Fsp3) is 0.536. The molecular formula is C28H35N9O3. The molecule has 3 aliphatic rings. The molecule has 0 radical (unpaired) electrons. The summed E-state index contributed by atoms with van der Waals surface area (Å²) in [5, 5.41) is 8.92. The molecular weight excluding hydrogens is 510 g/mol. The third kappa shape index (κ3) is 4.12. The number of anilines is 2. The average Bonchev–Trinajstić information content (AvgIpc) is 3.88. The van der Waals surface area contributed by atoms with Crippen molar-refractivity contribution in [2.45, 2.75) is 64.7 Å². The van der Waals surface area contributed by atoms with Crippen molar-refractivity contribution < 1.29 is 14.3 Å². The van der Waals surface area contributed by atoms with Crippen LogP contribution < -0.4 is 5.32 Å². The molecule has 0 bridgehead atoms. The summed E-state index contributed by atoms with van der Waals surface area (Å²) < 4.78 is 11.1. The normalized spacial score (nSPS) is 17.6. The highest BCUT2D eigenvalue weighted by atomic mass is 16.5. The van der Waals surface area contributed by atoms with E-state index in [2.05, 4.69) is 20.3 Å². The van der Waals surface area contributed by atoms with Gasteiger partial charge in [0, 0.05) is 56.8 Å². The Hall–Kier alpha value is -3.93. The number of imidazole rings is 1. The molecule has 40 heavy (non-hydrogen) atoms. The zero-order valence-corrected chi connectivity index (χ0v) is 23.3. The zero-order chi connectivity index (χ0) is 27.5. The molecule has 210 valence electrons. The van der Waals surface area contributed by atoms with E-state index in [1.165, 1.54) is 0 Å². The molecule has 7 rings (SSSR count). The van der Waals surface area contributed by atoms with Gasteiger partial charge in [-0.05, 0) is 45.6 Å². The predicted octanol–water partition coefficient (Wildman–Crippen LogP) is 3.14. The van der Waals surface area contributed by atoms with E-state index in [-0.39, 0.29) is 11.8 Å². The largest absolute Gasteiger partial charge is 0.378 e. The van der Waals surface area contributed by atoms with Gasteiger partial charge in [0.25, 0.3) is 11.8 Å². The SMILES string of the molecule is CCn1nc(Nc2nc3c(cc(C(=O)N(C4CC4)C4CC4)n3CC)c3c2ncn3C)cc1C(=O)N1CCOCC1. The number of carbonyl (C=O) groups excluding carboxylic acids is 2. The highest BCUT2D eigenvalue weighted by molar-refractivity contribution is 6.10. The molecule has 1 saturated heterocycles. The number of pyridine rings is 1. The number of nitrogens with zero attached hydrogens (tertiary/aromatic N) is 8. The first-order valence-corrected chi connectivity index (χ1v) is 14.4. The van der Waals surface area contributed by atoms with Gasteiger partial charge in [-0.15, -0.1) is 0 Å². The van der Waals surface area contributed by atoms with Gasteiger partial charge in [-0.3, -0.25) is 14.3 Å². The van der Waals surface area contributed by atoms with Crippen molar-refractivity contribution in [2.75, 3.05) is 31.6 Å². The van der Waals surface area contributed by atoms with Crippen LogP contribution in [0, 0.1) is 0 Å². The minimum atomic E-state index is -0.0593. The number of nitrogens with one attached hydrogen (secondary N) is 1. The van der Waals surface area contributed by atoms with Crippen molar-refractivity contribution in [3.63, 3.8) is 0 Å². The molecule has 1 N–H and O–H groups in total. The molecule has 2 amide bonds. The van der Waals surface area contributed by atoms with Crippen LogP contribution in [0.4, 0.5) is 11.6 Å². The van der Waals surface area contributed by atoms with Crippen LogP contribution in [0.15, 0.2) is 18.5 Å². The van der Waals surface area contributed by atoms with Gasteiger partial charge in [-0.2, -0.15) is 5.10 Å². The van der Waals surface area contributed by atoms with Crippen molar-refractivity contribution in [3.05, 3.63) is 29.8 Å². The van der Waals surface area contributed by atoms with Gasteiger partial charge in [0.05, 0.1) is 25.1 Å². The number of carbonyl (C=O) groups is 2. The molecule has 0 unspecified atom stereocenters. The fourth-order valence-corrected chi connectivity index (χ4v) is 5.91. The van der Waals surface area contributed by atoms with Crippen LogP contribution in [0.1, 0.15) is 60.5 Å². The lowest BCUT2D eigenvalue weighted by atomic mass is 10.2. The fourth-order valence-electron chi connectivity index (χ4n) is 5.91. The zero-order valence-electron chi connectivity index (χ0n) is 23.3. The summed E-state index contributed by atoms with van der Waals surface area (Å²) >= 11 is 0. The second-order valence-electron chi connectivity index (χ2n) is 11.0. The summed E-state index contributed by atoms with van der Waals surface area (Å²) in [6, 6.07) is 4.50. The van der Waals surface area contributed by atoms with Gasteiger partial charge < -0.3 is 29.0 Å². The predicted molar refractivity (Wildman–Crippen MR) is 150 cm³/mol. The van der Waals surface area contributed by atoms with E-state index < -0.39 is 0 Å². The molecule has 12 heteroatoms. The number of aryl methyl sites for hydroxylation is 3. The van der Waals surface area contributed by atoms with Gasteiger partial charge in [0.2, 0.25) is 0 Å². The van der Waals surface area contributed by atoms with Crippen molar-refractivity contribution in [1.82, 2.24) is 38.7 Å². The van der Waals surface area contributed by atoms with Crippen LogP contribution >= 0.6 is 0 Å². The number of amides is 2. The lowest BCUT2D eigenvalue weighted by Gasteiger charge is -2.26. The smallest absolute Gasteiger partial charge is 0.272 e. The first kappa shape index (κ1) is 25.1. The number of rotatable bonds is 8. The topological polar surface area (TPSA) is 115 Å². The molecule has 12 nitrogen and oxygen atoms in total. The minimum absolute atomic E-state index is 0.0593. The monoisotopic (exact) mass is 545 g/mol. The molecule has 3 fully saturated rings. The molecule has 4 aromatic heterocycles. The maximum atomic E-state index is 13.8. The number of hydrogen-bond donors (Lipinski definition) is 1. The standard InChI is InChI=1S/C28H35N9O3/c1-4-35-20(28(39)37(17-6-7-17)18-8-9-18)14-19-24-23(29-16-33(24)3)25(31-26(19)35)30-22-15-21(36(5-2)32-22)27(38)34-10-12-40-13-11-34/h14-18H,4-13H2,1-3H3,(H,30,31,32). The van der Waals surface area contributed by atoms with E-state index >= 15 is 0 Å². The van der Waals surface area contributed by atoms with Gasteiger partial charge in [0.1, 0.15) is 22.6 Å². The molecule has 1 aliphatic heterocycles. The summed E-state index contributed by atoms with van der Waals surface area (Å²) in [6.07, 6.45) is 6.13. The van der Waals surface area contributed by atoms with Crippen LogP contribution in [0.2, 0.25) is 0 Å². The minimum Gasteiger partial charge on any atom is -0.378 e. The van der Waals surface area contributed by atoms with Gasteiger partial charge in [-0.1, -0.05) is 0 Å². The Morgan fingerprint density at radius 1 is 1.05 bits per heavy atom. The summed E-state index contributed by atoms with van der Waals surface area (Å²) in [5.74, 6) is 1.11. The molecule has 2 aliphatic carbocycles. The highest BCUT2D eigenvalue weighted by Crippen LogP contribution is 2.39. The van der Waals surface area contributed by atoms with Gasteiger partial charge >= 0.3 is 0 Å². The third-order valence-electron chi connectivity index (χ3n) is 8.20. The molecule has 4 aromatic rings. The summed E-state index contributed by atoms with van der Waals surface area (Å²) in [4.78, 5) is 40.7. The summed E-state index contributed by atoms with van der Waals surface area (Å²) in [7, 11) is 1.95. The van der Waals surface area contributed by atoms with Crippen molar-refractivity contribution in [1.29, 1.82) is 0 Å². The van der Waals surface area contributed by atoms with Crippen LogP contribution in [-0.4, -0.2) is 88.9 Å². The molecule has 0 spiro atoms. The number of aromatic nitrogens is 6. The number of fused-ring (bicyclic) bond motifs is 3. The first-order valence-electron chi connectivity index (χ1n) is 14.4. The van der Waals surface area contributed by atoms with Gasteiger partial charge in [-0.25, -0.2) is 9.97 Å². The van der Waals surface area contributed by atoms with Crippen molar-refractivity contribution >= 4 is 45.5 Å². The number of morpholine rings is 1. The Balaban J connectivity index is 1.29. The van der Waals surface area contributed by atoms with Crippen LogP contribution in [0.5, 0.6) is 0 Å². The highest BCUT2D eigenvalue weighted by Gasteiger charge is 2.43. The second kappa shape index (κ2) is 9.61. The lowest BCUT2D eigenvalue weighted by molar-refractivity contribution is 0.0295.